The highest BCUT2D eigenvalue weighted by Crippen LogP contribution is 2.34. The van der Waals surface area contributed by atoms with Crippen molar-refractivity contribution in [3.05, 3.63) is 69.4 Å². The fourth-order valence-corrected chi connectivity index (χ4v) is 4.10. The smallest absolute Gasteiger partial charge is 0.267 e. The molecule has 1 aliphatic heterocycles. The largest absolute Gasteiger partial charge is 0.467 e. The zero-order chi connectivity index (χ0) is 19.7. The Bertz CT molecular complexity index is 1150. The second kappa shape index (κ2) is 7.61. The number of pyridine rings is 1. The molecule has 28 heavy (non-hydrogen) atoms. The number of furan rings is 1. The van der Waals surface area contributed by atoms with E-state index in [1.165, 1.54) is 9.30 Å². The third kappa shape index (κ3) is 3.34. The summed E-state index contributed by atoms with van der Waals surface area (Å²) in [4.78, 5) is 32.2. The lowest BCUT2D eigenvalue weighted by Gasteiger charge is -2.12. The summed E-state index contributed by atoms with van der Waals surface area (Å²) in [6.45, 7) is 2.76. The van der Waals surface area contributed by atoms with Gasteiger partial charge in [-0.15, -0.1) is 0 Å². The van der Waals surface area contributed by atoms with Crippen LogP contribution in [0.3, 0.4) is 0 Å². The zero-order valence-corrected chi connectivity index (χ0v) is 16.5. The monoisotopic (exact) mass is 412 g/mol. The van der Waals surface area contributed by atoms with Gasteiger partial charge in [0.15, 0.2) is 0 Å². The Hall–Kier alpha value is -2.91. The van der Waals surface area contributed by atoms with Gasteiger partial charge in [-0.2, -0.15) is 0 Å². The van der Waals surface area contributed by atoms with Crippen molar-refractivity contribution in [1.82, 2.24) is 14.3 Å². The number of thioether (sulfide) groups is 1. The van der Waals surface area contributed by atoms with E-state index < -0.39 is 0 Å². The standard InChI is InChI=1S/C19H16N4O3S2/c1-2-20-16-13(17(24)22-8-4-3-7-15(22)21-16)10-14-18(25)23(19(27)28-14)11-12-6-5-9-26-12/h3-10,20H,2,11H2,1H3/b14-10+. The highest BCUT2D eigenvalue weighted by atomic mass is 32.2. The number of nitrogens with one attached hydrogen (secondary N) is 1. The number of carbonyl (C=O) groups is 1. The lowest BCUT2D eigenvalue weighted by molar-refractivity contribution is -0.122. The Labute approximate surface area is 170 Å². The van der Waals surface area contributed by atoms with Gasteiger partial charge in [-0.1, -0.05) is 30.0 Å². The molecule has 3 aromatic heterocycles. The zero-order valence-electron chi connectivity index (χ0n) is 14.9. The Balaban J connectivity index is 1.76. The lowest BCUT2D eigenvalue weighted by Crippen LogP contribution is -2.27. The molecule has 0 saturated carbocycles. The van der Waals surface area contributed by atoms with Crippen LogP contribution in [-0.4, -0.2) is 31.1 Å². The predicted molar refractivity (Wildman–Crippen MR) is 113 cm³/mol. The SMILES string of the molecule is CCNc1nc2ccccn2c(=O)c1/C=C1/SC(=S)N(Cc2ccco2)C1=O. The van der Waals surface area contributed by atoms with Gasteiger partial charge >= 0.3 is 0 Å². The van der Waals surface area contributed by atoms with E-state index in [2.05, 4.69) is 10.3 Å². The Morgan fingerprint density at radius 3 is 2.89 bits per heavy atom. The summed E-state index contributed by atoms with van der Waals surface area (Å²) in [6, 6.07) is 8.87. The van der Waals surface area contributed by atoms with E-state index in [0.717, 1.165) is 11.8 Å². The summed E-state index contributed by atoms with van der Waals surface area (Å²) >= 11 is 6.51. The maximum atomic E-state index is 13.0. The summed E-state index contributed by atoms with van der Waals surface area (Å²) in [6.07, 6.45) is 4.77. The first-order chi connectivity index (χ1) is 13.6. The van der Waals surface area contributed by atoms with Crippen molar-refractivity contribution in [3.8, 4) is 0 Å². The first-order valence-corrected chi connectivity index (χ1v) is 9.84. The first kappa shape index (κ1) is 18.5. The minimum atomic E-state index is -0.258. The van der Waals surface area contributed by atoms with Crippen molar-refractivity contribution < 1.29 is 9.21 Å². The molecule has 0 spiro atoms. The molecule has 142 valence electrons. The van der Waals surface area contributed by atoms with E-state index in [0.29, 0.717) is 38.6 Å². The van der Waals surface area contributed by atoms with Crippen LogP contribution in [-0.2, 0) is 11.3 Å². The summed E-state index contributed by atoms with van der Waals surface area (Å²) in [7, 11) is 0. The summed E-state index contributed by atoms with van der Waals surface area (Å²) in [5.74, 6) is 0.819. The summed E-state index contributed by atoms with van der Waals surface area (Å²) in [5, 5.41) is 3.11. The molecule has 1 aliphatic rings. The van der Waals surface area contributed by atoms with E-state index in [-0.39, 0.29) is 18.0 Å². The third-order valence-corrected chi connectivity index (χ3v) is 5.53. The number of aromatic nitrogens is 2. The maximum Gasteiger partial charge on any atom is 0.267 e. The molecule has 0 aliphatic carbocycles. The van der Waals surface area contributed by atoms with E-state index in [4.69, 9.17) is 16.6 Å². The number of thiocarbonyl (C=S) groups is 1. The predicted octanol–water partition coefficient (Wildman–Crippen LogP) is 3.12. The molecule has 1 saturated heterocycles. The second-order valence-corrected chi connectivity index (χ2v) is 7.66. The maximum absolute atomic E-state index is 13.0. The van der Waals surface area contributed by atoms with Gasteiger partial charge in [-0.25, -0.2) is 4.98 Å². The van der Waals surface area contributed by atoms with Crippen LogP contribution in [0.2, 0.25) is 0 Å². The minimum absolute atomic E-state index is 0.252. The van der Waals surface area contributed by atoms with Crippen molar-refractivity contribution in [2.45, 2.75) is 13.5 Å². The van der Waals surface area contributed by atoms with Gasteiger partial charge in [0.05, 0.1) is 23.3 Å². The van der Waals surface area contributed by atoms with Crippen molar-refractivity contribution in [2.24, 2.45) is 0 Å². The fourth-order valence-electron chi connectivity index (χ4n) is 2.86. The normalized spacial score (nSPS) is 15.8. The number of anilines is 1. The minimum Gasteiger partial charge on any atom is -0.467 e. The van der Waals surface area contributed by atoms with Gasteiger partial charge in [0.1, 0.15) is 21.5 Å². The van der Waals surface area contributed by atoms with Crippen LogP contribution in [0.1, 0.15) is 18.2 Å². The van der Waals surface area contributed by atoms with E-state index in [1.807, 2.05) is 13.0 Å². The number of nitrogens with zero attached hydrogens (tertiary/aromatic N) is 3. The molecule has 1 amide bonds. The van der Waals surface area contributed by atoms with Gasteiger partial charge in [0.25, 0.3) is 11.5 Å². The summed E-state index contributed by atoms with van der Waals surface area (Å²) < 4.78 is 7.19. The van der Waals surface area contributed by atoms with Crippen LogP contribution < -0.4 is 10.9 Å². The number of hydrogen-bond acceptors (Lipinski definition) is 7. The average molecular weight is 412 g/mol. The molecule has 0 radical (unpaired) electrons. The van der Waals surface area contributed by atoms with Crippen molar-refractivity contribution in [2.75, 3.05) is 11.9 Å². The van der Waals surface area contributed by atoms with Crippen molar-refractivity contribution in [3.63, 3.8) is 0 Å². The molecule has 1 fully saturated rings. The molecule has 7 nitrogen and oxygen atoms in total. The van der Waals surface area contributed by atoms with Crippen molar-refractivity contribution in [1.29, 1.82) is 0 Å². The molecular formula is C19H16N4O3S2. The van der Waals surface area contributed by atoms with Gasteiger partial charge in [0.2, 0.25) is 0 Å². The van der Waals surface area contributed by atoms with Gasteiger partial charge < -0.3 is 9.73 Å². The molecule has 0 aromatic carbocycles. The number of fused-ring (bicyclic) bond motifs is 1. The van der Waals surface area contributed by atoms with Gasteiger partial charge in [-0.3, -0.25) is 18.9 Å². The molecule has 1 N–H and O–H groups in total. The van der Waals surface area contributed by atoms with E-state index in [1.54, 1.807) is 42.8 Å². The number of carbonyl (C=O) groups excluding carboxylic acids is 1. The lowest BCUT2D eigenvalue weighted by atomic mass is 10.2. The summed E-state index contributed by atoms with van der Waals surface area (Å²) in [5.41, 5.74) is 0.605. The van der Waals surface area contributed by atoms with E-state index >= 15 is 0 Å². The number of rotatable bonds is 5. The second-order valence-electron chi connectivity index (χ2n) is 5.99. The average Bonchev–Trinajstić information content (AvgIpc) is 3.29. The number of amides is 1. The van der Waals surface area contributed by atoms with Gasteiger partial charge in [0, 0.05) is 12.7 Å². The fraction of sp³-hybridized carbons (Fsp3) is 0.158. The Kier molecular flexibility index (Phi) is 5.01. The van der Waals surface area contributed by atoms with Crippen molar-refractivity contribution >= 4 is 51.7 Å². The van der Waals surface area contributed by atoms with E-state index in [9.17, 15) is 9.59 Å². The quantitative estimate of drug-likeness (QED) is 0.509. The Morgan fingerprint density at radius 1 is 1.29 bits per heavy atom. The van der Waals surface area contributed by atoms with Crippen LogP contribution in [0.15, 0.2) is 56.9 Å². The molecule has 4 heterocycles. The van der Waals surface area contributed by atoms with Crippen LogP contribution >= 0.6 is 24.0 Å². The molecule has 0 atom stereocenters. The van der Waals surface area contributed by atoms with Crippen LogP contribution in [0.5, 0.6) is 0 Å². The van der Waals surface area contributed by atoms with Gasteiger partial charge in [-0.05, 0) is 37.3 Å². The topological polar surface area (TPSA) is 79.9 Å². The third-order valence-electron chi connectivity index (χ3n) is 4.16. The highest BCUT2D eigenvalue weighted by Gasteiger charge is 2.33. The molecular weight excluding hydrogens is 396 g/mol. The molecule has 0 bridgehead atoms. The molecule has 9 heteroatoms. The molecule has 3 aromatic rings. The number of hydrogen-bond donors (Lipinski definition) is 1. The van der Waals surface area contributed by atoms with Crippen LogP contribution in [0.25, 0.3) is 11.7 Å². The Morgan fingerprint density at radius 2 is 2.14 bits per heavy atom. The highest BCUT2D eigenvalue weighted by molar-refractivity contribution is 8.26. The first-order valence-electron chi connectivity index (χ1n) is 8.61. The van der Waals surface area contributed by atoms with Crippen LogP contribution in [0, 0.1) is 0 Å². The van der Waals surface area contributed by atoms with Crippen LogP contribution in [0.4, 0.5) is 5.82 Å². The molecule has 0 unspecified atom stereocenters. The molecule has 4 rings (SSSR count).